The third-order valence-corrected chi connectivity index (χ3v) is 8.21. The second-order valence-electron chi connectivity index (χ2n) is 10.9. The zero-order chi connectivity index (χ0) is 28.6. The number of rotatable bonds is 7. The standard InChI is InChI=1S/C32H31ClN2O4S/c1-5-6-16-39-23-9-7-8-20(17-23)28(36)26-27(19-10-12-21(13-11-19)32(2,3)4)35(30(38)29(26)37)31-34-24-15-14-22(33)18-25(24)40-31/h7-15,17-18,27,36H,5-6,16H2,1-4H3. The Morgan fingerprint density at radius 3 is 2.52 bits per heavy atom. The van der Waals surface area contributed by atoms with Crippen LogP contribution in [0.25, 0.3) is 16.0 Å². The summed E-state index contributed by atoms with van der Waals surface area (Å²) < 4.78 is 6.62. The van der Waals surface area contributed by atoms with Crippen LogP contribution in [0.1, 0.15) is 63.3 Å². The van der Waals surface area contributed by atoms with Crippen molar-refractivity contribution in [3.8, 4) is 5.75 Å². The smallest absolute Gasteiger partial charge is 0.301 e. The zero-order valence-electron chi connectivity index (χ0n) is 22.9. The van der Waals surface area contributed by atoms with E-state index >= 15 is 0 Å². The van der Waals surface area contributed by atoms with Crippen molar-refractivity contribution in [1.29, 1.82) is 0 Å². The van der Waals surface area contributed by atoms with E-state index < -0.39 is 17.7 Å². The van der Waals surface area contributed by atoms with Crippen LogP contribution in [0.4, 0.5) is 5.13 Å². The third kappa shape index (κ3) is 5.36. The average molecular weight is 575 g/mol. The van der Waals surface area contributed by atoms with Gasteiger partial charge in [-0.3, -0.25) is 14.5 Å². The molecule has 5 rings (SSSR count). The molecule has 1 amide bonds. The number of carbonyl (C=O) groups is 2. The van der Waals surface area contributed by atoms with E-state index in [1.165, 1.54) is 16.2 Å². The highest BCUT2D eigenvalue weighted by atomic mass is 35.5. The Morgan fingerprint density at radius 2 is 1.82 bits per heavy atom. The number of nitrogens with zero attached hydrogens (tertiary/aromatic N) is 2. The summed E-state index contributed by atoms with van der Waals surface area (Å²) in [5.74, 6) is -1.18. The molecule has 1 aliphatic rings. The number of thiazole rings is 1. The van der Waals surface area contributed by atoms with E-state index in [9.17, 15) is 14.7 Å². The molecular formula is C32H31ClN2O4S. The summed E-state index contributed by atoms with van der Waals surface area (Å²) >= 11 is 7.47. The lowest BCUT2D eigenvalue weighted by molar-refractivity contribution is -0.132. The van der Waals surface area contributed by atoms with Crippen LogP contribution in [0, 0.1) is 0 Å². The number of amides is 1. The molecule has 0 aliphatic carbocycles. The lowest BCUT2D eigenvalue weighted by atomic mass is 9.85. The second-order valence-corrected chi connectivity index (χ2v) is 12.3. The minimum Gasteiger partial charge on any atom is -0.507 e. The number of unbranched alkanes of at least 4 members (excludes halogenated alkanes) is 1. The molecule has 0 bridgehead atoms. The van der Waals surface area contributed by atoms with Crippen molar-refractivity contribution in [3.63, 3.8) is 0 Å². The average Bonchev–Trinajstić information content (AvgIpc) is 3.45. The molecule has 3 aromatic carbocycles. The highest BCUT2D eigenvalue weighted by Gasteiger charge is 2.48. The Labute approximate surface area is 242 Å². The largest absolute Gasteiger partial charge is 0.507 e. The molecule has 0 radical (unpaired) electrons. The van der Waals surface area contributed by atoms with Gasteiger partial charge in [-0.1, -0.05) is 93.5 Å². The van der Waals surface area contributed by atoms with Gasteiger partial charge in [-0.05, 0) is 53.3 Å². The lowest BCUT2D eigenvalue weighted by Crippen LogP contribution is -2.29. The number of aliphatic hydroxyl groups excluding tert-OH is 1. The van der Waals surface area contributed by atoms with Gasteiger partial charge in [-0.25, -0.2) is 4.98 Å². The topological polar surface area (TPSA) is 79.7 Å². The van der Waals surface area contributed by atoms with E-state index in [1.54, 1.807) is 42.5 Å². The van der Waals surface area contributed by atoms with Crippen LogP contribution >= 0.6 is 22.9 Å². The first-order valence-corrected chi connectivity index (χ1v) is 14.5. The van der Waals surface area contributed by atoms with Gasteiger partial charge < -0.3 is 9.84 Å². The van der Waals surface area contributed by atoms with Crippen molar-refractivity contribution in [2.75, 3.05) is 11.5 Å². The highest BCUT2D eigenvalue weighted by Crippen LogP contribution is 2.45. The maximum Gasteiger partial charge on any atom is 0.301 e. The number of hydrogen-bond acceptors (Lipinski definition) is 6. The van der Waals surface area contributed by atoms with Crippen LogP contribution in [0.5, 0.6) is 5.75 Å². The van der Waals surface area contributed by atoms with Gasteiger partial charge in [0.05, 0.1) is 28.4 Å². The number of halogens is 1. The van der Waals surface area contributed by atoms with Gasteiger partial charge in [0.2, 0.25) is 0 Å². The number of aliphatic hydroxyl groups is 1. The van der Waals surface area contributed by atoms with E-state index in [4.69, 9.17) is 16.3 Å². The van der Waals surface area contributed by atoms with Gasteiger partial charge in [0.25, 0.3) is 5.78 Å². The van der Waals surface area contributed by atoms with Crippen LogP contribution in [-0.4, -0.2) is 28.4 Å². The first-order valence-electron chi connectivity index (χ1n) is 13.3. The van der Waals surface area contributed by atoms with E-state index in [2.05, 4.69) is 32.7 Å². The number of Topliss-reactive ketones (excluding diaryl/α,β-unsaturated/α-hetero) is 1. The molecular weight excluding hydrogens is 544 g/mol. The van der Waals surface area contributed by atoms with Crippen LogP contribution < -0.4 is 9.64 Å². The number of aromatic nitrogens is 1. The predicted octanol–water partition coefficient (Wildman–Crippen LogP) is 8.05. The van der Waals surface area contributed by atoms with Crippen LogP contribution in [0.2, 0.25) is 5.02 Å². The Morgan fingerprint density at radius 1 is 1.07 bits per heavy atom. The second kappa shape index (κ2) is 11.1. The zero-order valence-corrected chi connectivity index (χ0v) is 24.5. The fraction of sp³-hybridized carbons (Fsp3) is 0.281. The maximum atomic E-state index is 13.6. The van der Waals surface area contributed by atoms with Crippen molar-refractivity contribution in [3.05, 3.63) is 94.0 Å². The fourth-order valence-corrected chi connectivity index (χ4v) is 5.99. The highest BCUT2D eigenvalue weighted by molar-refractivity contribution is 7.22. The molecule has 206 valence electrons. The molecule has 1 saturated heterocycles. The molecule has 1 N–H and O–H groups in total. The quantitative estimate of drug-likeness (QED) is 0.104. The maximum absolute atomic E-state index is 13.6. The minimum absolute atomic E-state index is 0.0107. The number of hydrogen-bond donors (Lipinski definition) is 1. The van der Waals surface area contributed by atoms with Crippen molar-refractivity contribution < 1.29 is 19.4 Å². The Hall–Kier alpha value is -3.68. The van der Waals surface area contributed by atoms with Gasteiger partial charge in [0.1, 0.15) is 11.5 Å². The van der Waals surface area contributed by atoms with Crippen LogP contribution in [0.15, 0.2) is 72.3 Å². The number of carbonyl (C=O) groups excluding carboxylic acids is 2. The molecule has 1 unspecified atom stereocenters. The first-order chi connectivity index (χ1) is 19.1. The van der Waals surface area contributed by atoms with Gasteiger partial charge >= 0.3 is 5.91 Å². The van der Waals surface area contributed by atoms with Crippen molar-refractivity contribution in [2.45, 2.75) is 52.0 Å². The molecule has 6 nitrogen and oxygen atoms in total. The Balaban J connectivity index is 1.65. The number of fused-ring (bicyclic) bond motifs is 1. The van der Waals surface area contributed by atoms with E-state index in [1.807, 2.05) is 24.3 Å². The SMILES string of the molecule is CCCCOc1cccc(C(O)=C2C(=O)C(=O)N(c3nc4ccc(Cl)cc4s3)C2c2ccc(C(C)(C)C)cc2)c1. The molecule has 40 heavy (non-hydrogen) atoms. The molecule has 1 aliphatic heterocycles. The number of anilines is 1. The summed E-state index contributed by atoms with van der Waals surface area (Å²) in [5, 5.41) is 12.5. The molecule has 8 heteroatoms. The summed E-state index contributed by atoms with van der Waals surface area (Å²) in [6.45, 7) is 8.99. The van der Waals surface area contributed by atoms with E-state index in [0.29, 0.717) is 39.2 Å². The summed E-state index contributed by atoms with van der Waals surface area (Å²) in [6.07, 6.45) is 1.90. The van der Waals surface area contributed by atoms with Crippen molar-refractivity contribution >= 4 is 55.7 Å². The summed E-state index contributed by atoms with van der Waals surface area (Å²) in [5.41, 5.74) is 2.81. The summed E-state index contributed by atoms with van der Waals surface area (Å²) in [7, 11) is 0. The van der Waals surface area contributed by atoms with Crippen LogP contribution in [0.3, 0.4) is 0 Å². The van der Waals surface area contributed by atoms with Gasteiger partial charge in [-0.15, -0.1) is 0 Å². The van der Waals surface area contributed by atoms with Crippen LogP contribution in [-0.2, 0) is 15.0 Å². The Kier molecular flexibility index (Phi) is 7.71. The monoisotopic (exact) mass is 574 g/mol. The van der Waals surface area contributed by atoms with Crippen molar-refractivity contribution in [2.24, 2.45) is 0 Å². The summed E-state index contributed by atoms with van der Waals surface area (Å²) in [4.78, 5) is 33.2. The molecule has 1 atom stereocenters. The fourth-order valence-electron chi connectivity index (χ4n) is 4.72. The van der Waals surface area contributed by atoms with E-state index in [-0.39, 0.29) is 16.7 Å². The summed E-state index contributed by atoms with van der Waals surface area (Å²) in [6, 6.07) is 19.2. The lowest BCUT2D eigenvalue weighted by Gasteiger charge is -2.24. The molecule has 4 aromatic rings. The van der Waals surface area contributed by atoms with Gasteiger partial charge in [-0.2, -0.15) is 0 Å². The normalized spacial score (nSPS) is 17.1. The Bertz CT molecular complexity index is 1620. The molecule has 1 fully saturated rings. The number of ketones is 1. The van der Waals surface area contributed by atoms with Gasteiger partial charge in [0.15, 0.2) is 5.13 Å². The molecule has 2 heterocycles. The molecule has 0 saturated carbocycles. The van der Waals surface area contributed by atoms with Crippen molar-refractivity contribution in [1.82, 2.24) is 4.98 Å². The number of ether oxygens (including phenoxy) is 1. The van der Waals surface area contributed by atoms with E-state index in [0.717, 1.165) is 23.1 Å². The predicted molar refractivity (Wildman–Crippen MR) is 161 cm³/mol. The van der Waals surface area contributed by atoms with Gasteiger partial charge in [0, 0.05) is 10.6 Å². The first kappa shape index (κ1) is 27.9. The minimum atomic E-state index is -0.866. The molecule has 1 aromatic heterocycles. The molecule has 0 spiro atoms. The third-order valence-electron chi connectivity index (χ3n) is 6.96. The number of benzene rings is 3.